The lowest BCUT2D eigenvalue weighted by molar-refractivity contribution is 1.10. The molecule has 0 spiro atoms. The zero-order valence-corrected chi connectivity index (χ0v) is 32.6. The van der Waals surface area contributed by atoms with Crippen LogP contribution in [0.25, 0.3) is 103 Å². The van der Waals surface area contributed by atoms with Crippen molar-refractivity contribution in [1.82, 2.24) is 9.13 Å². The van der Waals surface area contributed by atoms with Crippen LogP contribution in [0.15, 0.2) is 158 Å². The monoisotopic (exact) mass is 786 g/mol. The maximum atomic E-state index is 9.88. The average Bonchev–Trinajstić information content (AvgIpc) is 3.85. The fraction of sp³-hybridized carbons (Fsp3) is 0. The van der Waals surface area contributed by atoms with Gasteiger partial charge in [0.25, 0.3) is 0 Å². The van der Waals surface area contributed by atoms with Crippen LogP contribution in [0.3, 0.4) is 0 Å². The van der Waals surface area contributed by atoms with E-state index in [9.17, 15) is 15.8 Å². The van der Waals surface area contributed by atoms with E-state index in [0.29, 0.717) is 39.3 Å². The van der Waals surface area contributed by atoms with Crippen LogP contribution >= 0.6 is 0 Å². The van der Waals surface area contributed by atoms with Gasteiger partial charge in [0.1, 0.15) is 0 Å². The van der Waals surface area contributed by atoms with Gasteiger partial charge in [-0.3, -0.25) is 0 Å². The summed E-state index contributed by atoms with van der Waals surface area (Å²) in [4.78, 5) is 11.3. The van der Waals surface area contributed by atoms with E-state index in [2.05, 4.69) is 90.4 Å². The highest BCUT2D eigenvalue weighted by atomic mass is 15.1. The van der Waals surface area contributed by atoms with Gasteiger partial charge < -0.3 is 9.13 Å². The third-order valence-electron chi connectivity index (χ3n) is 11.4. The number of nitrogens with zero attached hydrogens (tertiary/aromatic N) is 8. The maximum Gasteiger partial charge on any atom is 0.197 e. The van der Waals surface area contributed by atoms with Crippen LogP contribution in [0.5, 0.6) is 0 Å². The second-order valence-electron chi connectivity index (χ2n) is 14.8. The average molecular weight is 787 g/mol. The van der Waals surface area contributed by atoms with Gasteiger partial charge in [0.05, 0.1) is 76.9 Å². The Bertz CT molecular complexity index is 3770. The summed E-state index contributed by atoms with van der Waals surface area (Å²) in [6.45, 7) is 23.8. The molecule has 0 atom stereocenters. The lowest BCUT2D eigenvalue weighted by Gasteiger charge is -2.20. The van der Waals surface area contributed by atoms with Crippen molar-refractivity contribution in [2.75, 3.05) is 0 Å². The van der Waals surface area contributed by atoms with Crippen molar-refractivity contribution >= 4 is 60.7 Å². The molecule has 0 aliphatic heterocycles. The third-order valence-corrected chi connectivity index (χ3v) is 11.4. The Morgan fingerprint density at radius 3 is 1.35 bits per heavy atom. The molecule has 0 radical (unpaired) electrons. The number of nitriles is 3. The normalized spacial score (nSPS) is 10.8. The van der Waals surface area contributed by atoms with Crippen molar-refractivity contribution in [2.45, 2.75) is 0 Å². The highest BCUT2D eigenvalue weighted by Crippen LogP contribution is 2.44. The number of hydrogen-bond donors (Lipinski definition) is 0. The van der Waals surface area contributed by atoms with Crippen LogP contribution in [0.2, 0.25) is 0 Å². The van der Waals surface area contributed by atoms with Gasteiger partial charge >= 0.3 is 0 Å². The molecular formula is C54H26N8. The van der Waals surface area contributed by atoms with Crippen molar-refractivity contribution in [2.24, 2.45) is 0 Å². The molecule has 0 N–H and O–H groups in total. The predicted octanol–water partition coefficient (Wildman–Crippen LogP) is 14.1. The summed E-state index contributed by atoms with van der Waals surface area (Å²) >= 11 is 0. The molecule has 8 aromatic carbocycles. The molecule has 8 heteroatoms. The Hall–Kier alpha value is -9.70. The van der Waals surface area contributed by atoms with Gasteiger partial charge in [-0.05, 0) is 130 Å². The van der Waals surface area contributed by atoms with E-state index in [0.717, 1.165) is 82.8 Å². The molecule has 0 bridgehead atoms. The molecule has 282 valence electrons. The SMILES string of the molecule is [C-]#[N+]c1cc(C#N)cc(-c2ccc3c(c2)c2ccccc2n3-c2cc([N+]#[C-])c(-c3cccc(C#N)c3)cc2-n2c3ccccc3c3cc(-c4cc(C#N)cc([N+]#[C-])c4)ccc32)c1. The van der Waals surface area contributed by atoms with E-state index in [-0.39, 0.29) is 0 Å². The van der Waals surface area contributed by atoms with Crippen LogP contribution in [-0.4, -0.2) is 9.13 Å². The minimum absolute atomic E-state index is 0.389. The molecule has 2 heterocycles. The van der Waals surface area contributed by atoms with Crippen LogP contribution in [-0.2, 0) is 0 Å². The first-order valence-corrected chi connectivity index (χ1v) is 19.4. The zero-order valence-electron chi connectivity index (χ0n) is 32.6. The first-order valence-electron chi connectivity index (χ1n) is 19.4. The summed E-state index contributed by atoms with van der Waals surface area (Å²) in [7, 11) is 0. The van der Waals surface area contributed by atoms with Crippen LogP contribution < -0.4 is 0 Å². The molecule has 10 rings (SSSR count). The van der Waals surface area contributed by atoms with Gasteiger partial charge in [-0.15, -0.1) is 0 Å². The summed E-state index contributed by atoms with van der Waals surface area (Å²) in [5.74, 6) is 0. The van der Waals surface area contributed by atoms with Crippen molar-refractivity contribution < 1.29 is 0 Å². The highest BCUT2D eigenvalue weighted by molar-refractivity contribution is 6.13. The van der Waals surface area contributed by atoms with E-state index in [1.807, 2.05) is 60.7 Å². The second kappa shape index (κ2) is 14.6. The minimum atomic E-state index is 0.389. The van der Waals surface area contributed by atoms with Crippen molar-refractivity contribution in [3.63, 3.8) is 0 Å². The summed E-state index contributed by atoms with van der Waals surface area (Å²) in [5, 5.41) is 33.3. The lowest BCUT2D eigenvalue weighted by atomic mass is 9.99. The number of benzene rings is 8. The predicted molar refractivity (Wildman–Crippen MR) is 244 cm³/mol. The van der Waals surface area contributed by atoms with Gasteiger partial charge in [0.15, 0.2) is 17.1 Å². The highest BCUT2D eigenvalue weighted by Gasteiger charge is 2.23. The van der Waals surface area contributed by atoms with Crippen molar-refractivity contribution in [1.29, 1.82) is 15.8 Å². The quantitative estimate of drug-likeness (QED) is 0.163. The number of hydrogen-bond acceptors (Lipinski definition) is 3. The summed E-state index contributed by atoms with van der Waals surface area (Å²) < 4.78 is 4.41. The number of para-hydroxylation sites is 2. The standard InChI is InChI=1S/C54H26N8/c1-58-41-22-34(31-56)20-39(24-41)36-15-17-51-46(26-36)43-11-4-6-13-49(43)61(51)53-28-45(38-10-8-9-33(19-38)30-55)48(60-3)29-54(53)62-50-14-7-5-12-44(50)47-27-37(16-18-52(47)62)40-21-35(32-57)23-42(25-40)59-2/h4-29H. The molecule has 0 amide bonds. The van der Waals surface area contributed by atoms with E-state index < -0.39 is 0 Å². The van der Waals surface area contributed by atoms with Gasteiger partial charge in [-0.25, -0.2) is 14.5 Å². The Kier molecular flexibility index (Phi) is 8.62. The molecule has 0 unspecified atom stereocenters. The molecule has 0 aliphatic rings. The zero-order chi connectivity index (χ0) is 42.5. The van der Waals surface area contributed by atoms with Crippen LogP contribution in [0, 0.1) is 53.7 Å². The summed E-state index contributed by atoms with van der Waals surface area (Å²) in [6, 6.07) is 56.9. The smallest absolute Gasteiger partial charge is 0.197 e. The Balaban J connectivity index is 1.30. The molecule has 2 aromatic heterocycles. The molecular weight excluding hydrogens is 761 g/mol. The second-order valence-corrected chi connectivity index (χ2v) is 14.8. The van der Waals surface area contributed by atoms with E-state index in [4.69, 9.17) is 19.7 Å². The van der Waals surface area contributed by atoms with Crippen molar-refractivity contribution in [3.8, 4) is 63.0 Å². The molecule has 0 saturated carbocycles. The molecule has 8 nitrogen and oxygen atoms in total. The number of aromatic nitrogens is 2. The summed E-state index contributed by atoms with van der Waals surface area (Å²) in [5.41, 5.74) is 12.4. The maximum absolute atomic E-state index is 9.88. The fourth-order valence-corrected chi connectivity index (χ4v) is 8.64. The Labute approximate surface area is 355 Å². The van der Waals surface area contributed by atoms with E-state index >= 15 is 0 Å². The largest absolute Gasteiger partial charge is 0.308 e. The molecule has 0 aliphatic carbocycles. The van der Waals surface area contributed by atoms with E-state index in [1.165, 1.54) is 0 Å². The Morgan fingerprint density at radius 2 is 0.855 bits per heavy atom. The third kappa shape index (κ3) is 5.87. The van der Waals surface area contributed by atoms with E-state index in [1.54, 1.807) is 48.5 Å². The lowest BCUT2D eigenvalue weighted by Crippen LogP contribution is -2.04. The molecule has 10 aromatic rings. The number of fused-ring (bicyclic) bond motifs is 6. The van der Waals surface area contributed by atoms with Crippen LogP contribution in [0.4, 0.5) is 17.1 Å². The van der Waals surface area contributed by atoms with Gasteiger partial charge in [0, 0.05) is 32.7 Å². The topological polar surface area (TPSA) is 94.3 Å². The number of rotatable bonds is 5. The first kappa shape index (κ1) is 36.6. The fourth-order valence-electron chi connectivity index (χ4n) is 8.64. The van der Waals surface area contributed by atoms with Gasteiger partial charge in [0.2, 0.25) is 0 Å². The summed E-state index contributed by atoms with van der Waals surface area (Å²) in [6.07, 6.45) is 0. The first-order chi connectivity index (χ1) is 30.4. The van der Waals surface area contributed by atoms with Crippen LogP contribution in [0.1, 0.15) is 16.7 Å². The molecule has 62 heavy (non-hydrogen) atoms. The minimum Gasteiger partial charge on any atom is -0.308 e. The van der Waals surface area contributed by atoms with Gasteiger partial charge in [-0.1, -0.05) is 60.7 Å². The Morgan fingerprint density at radius 1 is 0.371 bits per heavy atom. The molecule has 0 saturated heterocycles. The molecule has 0 fully saturated rings. The van der Waals surface area contributed by atoms with Crippen molar-refractivity contribution in [3.05, 3.63) is 209 Å². The van der Waals surface area contributed by atoms with Gasteiger partial charge in [-0.2, -0.15) is 15.8 Å².